The molecule has 0 saturated carbocycles. The molecule has 2 rings (SSSR count). The fourth-order valence-corrected chi connectivity index (χ4v) is 1.85. The average molecular weight is 274 g/mol. The number of aromatic nitrogens is 2. The van der Waals surface area contributed by atoms with Crippen molar-refractivity contribution in [3.05, 3.63) is 35.9 Å². The number of ether oxygens (including phenoxy) is 1. The van der Waals surface area contributed by atoms with E-state index >= 15 is 0 Å². The van der Waals surface area contributed by atoms with Crippen molar-refractivity contribution >= 4 is 17.6 Å². The molecule has 0 aliphatic heterocycles. The molecule has 1 aromatic carbocycles. The standard InChI is InChI=1S/C13H18N6O/c1-19(8-9-4-3-5-10(6-9)20-2)12-7-11(18-15)16-13(14)17-12/h3-7H,8,15H2,1-2H3,(H3,14,16,17,18). The maximum absolute atomic E-state index is 5.65. The van der Waals surface area contributed by atoms with E-state index in [0.717, 1.165) is 11.3 Å². The third-order valence-corrected chi connectivity index (χ3v) is 2.82. The maximum atomic E-state index is 5.65. The largest absolute Gasteiger partial charge is 0.497 e. The van der Waals surface area contributed by atoms with Gasteiger partial charge in [0.2, 0.25) is 5.95 Å². The van der Waals surface area contributed by atoms with Crippen LogP contribution < -0.4 is 26.6 Å². The van der Waals surface area contributed by atoms with Crippen molar-refractivity contribution in [2.45, 2.75) is 6.54 Å². The first-order valence-corrected chi connectivity index (χ1v) is 6.07. The first-order chi connectivity index (χ1) is 9.62. The molecule has 0 spiro atoms. The molecule has 0 unspecified atom stereocenters. The Bertz CT molecular complexity index is 589. The Kier molecular flexibility index (Phi) is 4.21. The zero-order valence-corrected chi connectivity index (χ0v) is 11.5. The number of benzene rings is 1. The van der Waals surface area contributed by atoms with Crippen molar-refractivity contribution < 1.29 is 4.74 Å². The highest BCUT2D eigenvalue weighted by atomic mass is 16.5. The minimum atomic E-state index is 0.174. The summed E-state index contributed by atoms with van der Waals surface area (Å²) in [6.45, 7) is 0.664. The molecular weight excluding hydrogens is 256 g/mol. The molecule has 0 aliphatic rings. The van der Waals surface area contributed by atoms with Crippen LogP contribution >= 0.6 is 0 Å². The summed E-state index contributed by atoms with van der Waals surface area (Å²) in [5.41, 5.74) is 9.22. The molecule has 0 atom stereocenters. The van der Waals surface area contributed by atoms with Crippen LogP contribution in [0.15, 0.2) is 30.3 Å². The van der Waals surface area contributed by atoms with Gasteiger partial charge < -0.3 is 20.8 Å². The summed E-state index contributed by atoms with van der Waals surface area (Å²) in [5.74, 6) is 7.51. The second-order valence-corrected chi connectivity index (χ2v) is 4.32. The van der Waals surface area contributed by atoms with Crippen LogP contribution in [0.3, 0.4) is 0 Å². The van der Waals surface area contributed by atoms with E-state index in [1.165, 1.54) is 0 Å². The minimum Gasteiger partial charge on any atom is -0.497 e. The lowest BCUT2D eigenvalue weighted by Gasteiger charge is -2.19. The predicted octanol–water partition coefficient (Wildman–Crippen LogP) is 0.989. The van der Waals surface area contributed by atoms with Gasteiger partial charge in [-0.05, 0) is 17.7 Å². The Labute approximate surface area is 117 Å². The van der Waals surface area contributed by atoms with E-state index < -0.39 is 0 Å². The molecule has 0 saturated heterocycles. The lowest BCUT2D eigenvalue weighted by atomic mass is 10.2. The number of nitrogen functional groups attached to an aromatic ring is 2. The molecule has 0 amide bonds. The molecule has 0 radical (unpaired) electrons. The highest BCUT2D eigenvalue weighted by Gasteiger charge is 2.08. The number of hydrogen-bond acceptors (Lipinski definition) is 7. The van der Waals surface area contributed by atoms with Crippen molar-refractivity contribution in [2.24, 2.45) is 5.84 Å². The molecule has 0 bridgehead atoms. The van der Waals surface area contributed by atoms with Crippen LogP contribution in [0.2, 0.25) is 0 Å². The van der Waals surface area contributed by atoms with Crippen LogP contribution in [0.25, 0.3) is 0 Å². The first kappa shape index (κ1) is 13.9. The van der Waals surface area contributed by atoms with Gasteiger partial charge in [0.1, 0.15) is 17.4 Å². The second kappa shape index (κ2) is 6.07. The number of anilines is 3. The van der Waals surface area contributed by atoms with Gasteiger partial charge in [-0.2, -0.15) is 9.97 Å². The van der Waals surface area contributed by atoms with Gasteiger partial charge in [0.05, 0.1) is 7.11 Å². The van der Waals surface area contributed by atoms with E-state index in [1.54, 1.807) is 13.2 Å². The van der Waals surface area contributed by atoms with Crippen molar-refractivity contribution in [2.75, 3.05) is 30.2 Å². The number of nitrogens with two attached hydrogens (primary N) is 2. The zero-order valence-electron chi connectivity index (χ0n) is 11.5. The van der Waals surface area contributed by atoms with E-state index in [9.17, 15) is 0 Å². The first-order valence-electron chi connectivity index (χ1n) is 6.07. The highest BCUT2D eigenvalue weighted by molar-refractivity contribution is 5.52. The molecule has 7 nitrogen and oxygen atoms in total. The molecule has 20 heavy (non-hydrogen) atoms. The molecule has 7 heteroatoms. The SMILES string of the molecule is COc1cccc(CN(C)c2cc(NN)nc(N)n2)c1. The fraction of sp³-hybridized carbons (Fsp3) is 0.231. The number of rotatable bonds is 5. The lowest BCUT2D eigenvalue weighted by molar-refractivity contribution is 0.414. The molecule has 2 aromatic rings. The highest BCUT2D eigenvalue weighted by Crippen LogP contribution is 2.19. The molecule has 0 fully saturated rings. The molecular formula is C13H18N6O. The van der Waals surface area contributed by atoms with Gasteiger partial charge in [-0.25, -0.2) is 5.84 Å². The number of hydrazine groups is 1. The second-order valence-electron chi connectivity index (χ2n) is 4.32. The average Bonchev–Trinajstić information content (AvgIpc) is 2.46. The van der Waals surface area contributed by atoms with Gasteiger partial charge >= 0.3 is 0 Å². The Hall–Kier alpha value is -2.54. The number of nitrogens with zero attached hydrogens (tertiary/aromatic N) is 3. The van der Waals surface area contributed by atoms with Crippen LogP contribution in [0, 0.1) is 0 Å². The van der Waals surface area contributed by atoms with E-state index in [1.807, 2.05) is 36.2 Å². The van der Waals surface area contributed by atoms with E-state index in [2.05, 4.69) is 15.4 Å². The fourth-order valence-electron chi connectivity index (χ4n) is 1.85. The summed E-state index contributed by atoms with van der Waals surface area (Å²) in [4.78, 5) is 10.1. The molecule has 106 valence electrons. The molecule has 0 aliphatic carbocycles. The van der Waals surface area contributed by atoms with Crippen molar-refractivity contribution in [3.63, 3.8) is 0 Å². The van der Waals surface area contributed by atoms with Gasteiger partial charge in [0.15, 0.2) is 0 Å². The van der Waals surface area contributed by atoms with Crippen LogP contribution in [-0.2, 0) is 6.54 Å². The summed E-state index contributed by atoms with van der Waals surface area (Å²) < 4.78 is 5.21. The summed E-state index contributed by atoms with van der Waals surface area (Å²) >= 11 is 0. The van der Waals surface area contributed by atoms with Crippen LogP contribution in [0.4, 0.5) is 17.6 Å². The van der Waals surface area contributed by atoms with Crippen molar-refractivity contribution in [3.8, 4) is 5.75 Å². The third kappa shape index (κ3) is 3.27. The monoisotopic (exact) mass is 274 g/mol. The van der Waals surface area contributed by atoms with Gasteiger partial charge in [-0.15, -0.1) is 0 Å². The summed E-state index contributed by atoms with van der Waals surface area (Å²) in [7, 11) is 3.56. The van der Waals surface area contributed by atoms with E-state index in [-0.39, 0.29) is 5.95 Å². The smallest absolute Gasteiger partial charge is 0.223 e. The zero-order chi connectivity index (χ0) is 14.5. The summed E-state index contributed by atoms with van der Waals surface area (Å²) in [6.07, 6.45) is 0. The predicted molar refractivity (Wildman–Crippen MR) is 79.4 cm³/mol. The normalized spacial score (nSPS) is 10.2. The topological polar surface area (TPSA) is 102 Å². The maximum Gasteiger partial charge on any atom is 0.223 e. The minimum absolute atomic E-state index is 0.174. The van der Waals surface area contributed by atoms with Gasteiger partial charge in [-0.3, -0.25) is 0 Å². The third-order valence-electron chi connectivity index (χ3n) is 2.82. The summed E-state index contributed by atoms with van der Waals surface area (Å²) in [5, 5.41) is 0. The summed E-state index contributed by atoms with van der Waals surface area (Å²) in [6, 6.07) is 9.58. The van der Waals surface area contributed by atoms with Crippen LogP contribution in [0.1, 0.15) is 5.56 Å². The van der Waals surface area contributed by atoms with Gasteiger partial charge in [-0.1, -0.05) is 12.1 Å². The van der Waals surface area contributed by atoms with Gasteiger partial charge in [0.25, 0.3) is 0 Å². The van der Waals surface area contributed by atoms with E-state index in [0.29, 0.717) is 18.2 Å². The van der Waals surface area contributed by atoms with Crippen molar-refractivity contribution in [1.29, 1.82) is 0 Å². The quantitative estimate of drug-likeness (QED) is 0.552. The molecule has 1 aromatic heterocycles. The Balaban J connectivity index is 2.18. The Morgan fingerprint density at radius 2 is 2.10 bits per heavy atom. The van der Waals surface area contributed by atoms with Crippen LogP contribution in [-0.4, -0.2) is 24.1 Å². The lowest BCUT2D eigenvalue weighted by Crippen LogP contribution is -2.20. The van der Waals surface area contributed by atoms with Crippen LogP contribution in [0.5, 0.6) is 5.75 Å². The molecule has 5 N–H and O–H groups in total. The molecule has 1 heterocycles. The number of methoxy groups -OCH3 is 1. The van der Waals surface area contributed by atoms with Gasteiger partial charge in [0, 0.05) is 19.7 Å². The van der Waals surface area contributed by atoms with E-state index in [4.69, 9.17) is 16.3 Å². The number of nitrogens with one attached hydrogen (secondary N) is 1. The van der Waals surface area contributed by atoms with Crippen molar-refractivity contribution in [1.82, 2.24) is 9.97 Å². The Morgan fingerprint density at radius 3 is 2.80 bits per heavy atom. The Morgan fingerprint density at radius 1 is 1.30 bits per heavy atom. The number of hydrogen-bond donors (Lipinski definition) is 3.